The second-order valence-electron chi connectivity index (χ2n) is 9.10. The molecule has 2 heterocycles. The average Bonchev–Trinajstić information content (AvgIpc) is 3.30. The van der Waals surface area contributed by atoms with Crippen molar-refractivity contribution in [3.63, 3.8) is 0 Å². The highest BCUT2D eigenvalue weighted by Gasteiger charge is 2.30. The van der Waals surface area contributed by atoms with Gasteiger partial charge in [0.15, 0.2) is 0 Å². The fourth-order valence-electron chi connectivity index (χ4n) is 4.79. The Morgan fingerprint density at radius 3 is 2.00 bits per heavy atom. The maximum atomic E-state index is 13.7. The molecule has 1 saturated heterocycles. The number of para-hydroxylation sites is 1. The van der Waals surface area contributed by atoms with E-state index >= 15 is 0 Å². The molecule has 1 unspecified atom stereocenters. The van der Waals surface area contributed by atoms with Gasteiger partial charge in [-0.25, -0.2) is 4.39 Å². The predicted molar refractivity (Wildman–Crippen MR) is 143 cm³/mol. The first-order valence-corrected chi connectivity index (χ1v) is 12.7. The standard InChI is InChI=1S/C30H27ClFN3O2/c1-21-26(20-27(22-12-14-24(32)15-13-22)35(21)25-10-6-3-7-11-25)29(36)33-16-18-34(19-17-33)30(37)28(31)23-8-4-2-5-9-23/h2-15,20,28H,16-19H2,1H3. The highest BCUT2D eigenvalue weighted by Crippen LogP contribution is 2.31. The summed E-state index contributed by atoms with van der Waals surface area (Å²) in [5.74, 6) is -0.549. The van der Waals surface area contributed by atoms with Crippen LogP contribution in [-0.4, -0.2) is 52.4 Å². The third-order valence-electron chi connectivity index (χ3n) is 6.82. The van der Waals surface area contributed by atoms with Crippen molar-refractivity contribution in [2.75, 3.05) is 26.2 Å². The normalized spacial score (nSPS) is 14.5. The lowest BCUT2D eigenvalue weighted by Crippen LogP contribution is -2.51. The zero-order valence-corrected chi connectivity index (χ0v) is 21.2. The van der Waals surface area contributed by atoms with Crippen molar-refractivity contribution in [1.29, 1.82) is 0 Å². The van der Waals surface area contributed by atoms with E-state index in [4.69, 9.17) is 11.6 Å². The minimum absolute atomic E-state index is 0.0897. The zero-order chi connectivity index (χ0) is 25.9. The quantitative estimate of drug-likeness (QED) is 0.313. The van der Waals surface area contributed by atoms with Gasteiger partial charge in [-0.15, -0.1) is 11.6 Å². The highest BCUT2D eigenvalue weighted by atomic mass is 35.5. The van der Waals surface area contributed by atoms with Crippen molar-refractivity contribution in [3.05, 3.63) is 114 Å². The number of piperazine rings is 1. The lowest BCUT2D eigenvalue weighted by molar-refractivity contribution is -0.132. The molecule has 0 saturated carbocycles. The number of rotatable bonds is 5. The van der Waals surface area contributed by atoms with E-state index in [-0.39, 0.29) is 17.6 Å². The first-order chi connectivity index (χ1) is 17.9. The molecule has 2 amide bonds. The number of alkyl halides is 1. The van der Waals surface area contributed by atoms with Crippen LogP contribution in [0.5, 0.6) is 0 Å². The van der Waals surface area contributed by atoms with Crippen LogP contribution in [0.4, 0.5) is 4.39 Å². The van der Waals surface area contributed by atoms with Crippen LogP contribution in [0.1, 0.15) is 27.0 Å². The molecule has 0 spiro atoms. The van der Waals surface area contributed by atoms with E-state index in [1.165, 1.54) is 12.1 Å². The van der Waals surface area contributed by atoms with Crippen LogP contribution >= 0.6 is 11.6 Å². The minimum Gasteiger partial charge on any atom is -0.338 e. The van der Waals surface area contributed by atoms with E-state index in [1.807, 2.05) is 78.2 Å². The molecule has 5 nitrogen and oxygen atoms in total. The molecular weight excluding hydrogens is 489 g/mol. The highest BCUT2D eigenvalue weighted by molar-refractivity contribution is 6.30. The van der Waals surface area contributed by atoms with Crippen LogP contribution in [0.2, 0.25) is 0 Å². The van der Waals surface area contributed by atoms with Gasteiger partial charge in [-0.05, 0) is 60.5 Å². The molecule has 5 rings (SSSR count). The second-order valence-corrected chi connectivity index (χ2v) is 9.53. The van der Waals surface area contributed by atoms with E-state index in [9.17, 15) is 14.0 Å². The lowest BCUT2D eigenvalue weighted by Gasteiger charge is -2.35. The summed E-state index contributed by atoms with van der Waals surface area (Å²) in [6, 6.07) is 27.2. The maximum absolute atomic E-state index is 13.7. The van der Waals surface area contributed by atoms with Crippen molar-refractivity contribution < 1.29 is 14.0 Å². The Hall–Kier alpha value is -3.90. The summed E-state index contributed by atoms with van der Waals surface area (Å²) in [5.41, 5.74) is 4.70. The Labute approximate surface area is 220 Å². The number of carbonyl (C=O) groups is 2. The van der Waals surface area contributed by atoms with E-state index in [1.54, 1.807) is 21.9 Å². The molecule has 37 heavy (non-hydrogen) atoms. The fourth-order valence-corrected chi connectivity index (χ4v) is 5.07. The van der Waals surface area contributed by atoms with Gasteiger partial charge in [0, 0.05) is 37.6 Å². The van der Waals surface area contributed by atoms with Crippen molar-refractivity contribution in [2.45, 2.75) is 12.3 Å². The monoisotopic (exact) mass is 515 g/mol. The van der Waals surface area contributed by atoms with Crippen LogP contribution in [-0.2, 0) is 4.79 Å². The van der Waals surface area contributed by atoms with Gasteiger partial charge < -0.3 is 14.4 Å². The van der Waals surface area contributed by atoms with Crippen molar-refractivity contribution in [3.8, 4) is 16.9 Å². The molecule has 4 aromatic rings. The van der Waals surface area contributed by atoms with Gasteiger partial charge in [-0.1, -0.05) is 48.5 Å². The number of nitrogens with zero attached hydrogens (tertiary/aromatic N) is 3. The molecule has 1 fully saturated rings. The molecule has 1 aromatic heterocycles. The Kier molecular flexibility index (Phi) is 7.10. The fraction of sp³-hybridized carbons (Fsp3) is 0.200. The first kappa shape index (κ1) is 24.8. The average molecular weight is 516 g/mol. The summed E-state index contributed by atoms with van der Waals surface area (Å²) in [5, 5.41) is -0.746. The smallest absolute Gasteiger partial charge is 0.255 e. The van der Waals surface area contributed by atoms with Crippen LogP contribution in [0.3, 0.4) is 0 Å². The third kappa shape index (κ3) is 5.02. The van der Waals surface area contributed by atoms with Crippen LogP contribution < -0.4 is 0 Å². The number of halogens is 2. The molecule has 1 aliphatic heterocycles. The summed E-state index contributed by atoms with van der Waals surface area (Å²) in [6.45, 7) is 3.61. The van der Waals surface area contributed by atoms with E-state index in [0.29, 0.717) is 31.7 Å². The molecule has 0 radical (unpaired) electrons. The molecule has 7 heteroatoms. The van der Waals surface area contributed by atoms with E-state index in [2.05, 4.69) is 0 Å². The Morgan fingerprint density at radius 2 is 1.38 bits per heavy atom. The molecule has 0 bridgehead atoms. The van der Waals surface area contributed by atoms with Crippen molar-refractivity contribution >= 4 is 23.4 Å². The van der Waals surface area contributed by atoms with Gasteiger partial charge in [0.05, 0.1) is 11.3 Å². The SMILES string of the molecule is Cc1c(C(=O)N2CCN(C(=O)C(Cl)c3ccccc3)CC2)cc(-c2ccc(F)cc2)n1-c1ccccc1. The second kappa shape index (κ2) is 10.6. The number of amides is 2. The summed E-state index contributed by atoms with van der Waals surface area (Å²) >= 11 is 6.45. The number of benzene rings is 3. The molecule has 1 atom stereocenters. The van der Waals surface area contributed by atoms with Crippen LogP contribution in [0.15, 0.2) is 91.0 Å². The number of carbonyl (C=O) groups excluding carboxylic acids is 2. The van der Waals surface area contributed by atoms with Gasteiger partial charge in [-0.2, -0.15) is 0 Å². The lowest BCUT2D eigenvalue weighted by atomic mass is 10.1. The van der Waals surface area contributed by atoms with Gasteiger partial charge in [0.25, 0.3) is 5.91 Å². The Balaban J connectivity index is 1.37. The van der Waals surface area contributed by atoms with Gasteiger partial charge in [0.1, 0.15) is 11.2 Å². The summed E-state index contributed by atoms with van der Waals surface area (Å²) in [7, 11) is 0. The number of hydrogen-bond acceptors (Lipinski definition) is 2. The summed E-state index contributed by atoms with van der Waals surface area (Å²) in [4.78, 5) is 30.1. The Morgan fingerprint density at radius 1 is 0.811 bits per heavy atom. The van der Waals surface area contributed by atoms with Crippen LogP contribution in [0, 0.1) is 12.7 Å². The van der Waals surface area contributed by atoms with E-state index < -0.39 is 5.38 Å². The summed E-state index contributed by atoms with van der Waals surface area (Å²) < 4.78 is 15.6. The first-order valence-electron chi connectivity index (χ1n) is 12.2. The summed E-state index contributed by atoms with van der Waals surface area (Å²) in [6.07, 6.45) is 0. The maximum Gasteiger partial charge on any atom is 0.255 e. The van der Waals surface area contributed by atoms with Gasteiger partial charge in [-0.3, -0.25) is 9.59 Å². The third-order valence-corrected chi connectivity index (χ3v) is 7.26. The molecule has 3 aromatic carbocycles. The Bertz CT molecular complexity index is 1400. The predicted octanol–water partition coefficient (Wildman–Crippen LogP) is 5.86. The van der Waals surface area contributed by atoms with Crippen molar-refractivity contribution in [2.24, 2.45) is 0 Å². The molecule has 0 aliphatic carbocycles. The molecule has 188 valence electrons. The topological polar surface area (TPSA) is 45.6 Å². The largest absolute Gasteiger partial charge is 0.338 e. The van der Waals surface area contributed by atoms with E-state index in [0.717, 1.165) is 28.2 Å². The van der Waals surface area contributed by atoms with Crippen molar-refractivity contribution in [1.82, 2.24) is 14.4 Å². The zero-order valence-electron chi connectivity index (χ0n) is 20.5. The van der Waals surface area contributed by atoms with Crippen LogP contribution in [0.25, 0.3) is 16.9 Å². The molecule has 0 N–H and O–H groups in total. The van der Waals surface area contributed by atoms with Gasteiger partial charge in [0.2, 0.25) is 5.91 Å². The number of aromatic nitrogens is 1. The molecule has 1 aliphatic rings. The van der Waals surface area contributed by atoms with Gasteiger partial charge >= 0.3 is 0 Å². The minimum atomic E-state index is -0.746. The molecular formula is C30H27ClFN3O2. The number of hydrogen-bond donors (Lipinski definition) is 0.